The van der Waals surface area contributed by atoms with Crippen molar-refractivity contribution in [3.63, 3.8) is 0 Å². The number of esters is 1. The van der Waals surface area contributed by atoms with E-state index in [-0.39, 0.29) is 11.5 Å². The standard InChI is InChI=1S/C17H20N4O5/c1-3-24-12-6-5-11(9-13(12)25-4-2)21-14(22)10-26-17(23)15-16(18)20-8-7-19-15/h5-9H,3-4,10H2,1-2H3,(H2,18,20)(H,21,22). The van der Waals surface area contributed by atoms with E-state index in [1.807, 2.05) is 13.8 Å². The van der Waals surface area contributed by atoms with Crippen LogP contribution in [-0.4, -0.2) is 41.7 Å². The lowest BCUT2D eigenvalue weighted by atomic mass is 10.2. The second-order valence-corrected chi connectivity index (χ2v) is 4.94. The molecule has 9 nitrogen and oxygen atoms in total. The van der Waals surface area contributed by atoms with Gasteiger partial charge in [0, 0.05) is 24.1 Å². The molecule has 0 saturated heterocycles. The molecule has 1 aromatic carbocycles. The van der Waals surface area contributed by atoms with E-state index in [9.17, 15) is 9.59 Å². The Morgan fingerprint density at radius 3 is 2.46 bits per heavy atom. The van der Waals surface area contributed by atoms with Gasteiger partial charge in [-0.3, -0.25) is 4.79 Å². The molecule has 0 aliphatic heterocycles. The van der Waals surface area contributed by atoms with Crippen LogP contribution >= 0.6 is 0 Å². The number of hydrogen-bond acceptors (Lipinski definition) is 8. The summed E-state index contributed by atoms with van der Waals surface area (Å²) in [4.78, 5) is 31.4. The summed E-state index contributed by atoms with van der Waals surface area (Å²) in [5.41, 5.74) is 5.88. The van der Waals surface area contributed by atoms with Crippen molar-refractivity contribution in [1.82, 2.24) is 9.97 Å². The summed E-state index contributed by atoms with van der Waals surface area (Å²) in [5, 5.41) is 2.61. The van der Waals surface area contributed by atoms with Gasteiger partial charge >= 0.3 is 5.97 Å². The number of nitrogens with two attached hydrogens (primary N) is 1. The molecule has 0 fully saturated rings. The highest BCUT2D eigenvalue weighted by Crippen LogP contribution is 2.30. The Labute approximate surface area is 150 Å². The van der Waals surface area contributed by atoms with Crippen LogP contribution in [0.2, 0.25) is 0 Å². The Morgan fingerprint density at radius 1 is 1.08 bits per heavy atom. The van der Waals surface area contributed by atoms with Crippen molar-refractivity contribution in [2.75, 3.05) is 30.9 Å². The molecule has 1 amide bonds. The van der Waals surface area contributed by atoms with Gasteiger partial charge in [0.1, 0.15) is 0 Å². The second kappa shape index (κ2) is 9.21. The summed E-state index contributed by atoms with van der Waals surface area (Å²) in [6.07, 6.45) is 2.66. The Bertz CT molecular complexity index is 781. The highest BCUT2D eigenvalue weighted by Gasteiger charge is 2.16. The normalized spacial score (nSPS) is 10.1. The van der Waals surface area contributed by atoms with E-state index in [1.165, 1.54) is 12.4 Å². The van der Waals surface area contributed by atoms with Crippen LogP contribution in [0.3, 0.4) is 0 Å². The molecule has 1 aromatic heterocycles. The van der Waals surface area contributed by atoms with Crippen molar-refractivity contribution in [2.24, 2.45) is 0 Å². The fourth-order valence-corrected chi connectivity index (χ4v) is 2.03. The number of benzene rings is 1. The third-order valence-electron chi connectivity index (χ3n) is 3.08. The van der Waals surface area contributed by atoms with Gasteiger partial charge in [-0.2, -0.15) is 0 Å². The van der Waals surface area contributed by atoms with Gasteiger partial charge < -0.3 is 25.3 Å². The fourth-order valence-electron chi connectivity index (χ4n) is 2.03. The molecule has 9 heteroatoms. The quantitative estimate of drug-likeness (QED) is 0.681. The summed E-state index contributed by atoms with van der Waals surface area (Å²) in [6, 6.07) is 4.99. The number of nitrogen functional groups attached to an aromatic ring is 1. The van der Waals surface area contributed by atoms with E-state index in [4.69, 9.17) is 19.9 Å². The predicted molar refractivity (Wildman–Crippen MR) is 94.1 cm³/mol. The smallest absolute Gasteiger partial charge is 0.361 e. The van der Waals surface area contributed by atoms with E-state index >= 15 is 0 Å². The minimum Gasteiger partial charge on any atom is -0.490 e. The monoisotopic (exact) mass is 360 g/mol. The average molecular weight is 360 g/mol. The summed E-state index contributed by atoms with van der Waals surface area (Å²) >= 11 is 0. The lowest BCUT2D eigenvalue weighted by molar-refractivity contribution is -0.119. The van der Waals surface area contributed by atoms with Crippen molar-refractivity contribution in [3.8, 4) is 11.5 Å². The third kappa shape index (κ3) is 5.07. The van der Waals surface area contributed by atoms with Crippen LogP contribution in [0.4, 0.5) is 11.5 Å². The summed E-state index contributed by atoms with van der Waals surface area (Å²) in [5.74, 6) is -0.320. The first kappa shape index (κ1) is 19.0. The molecule has 0 bridgehead atoms. The molecule has 0 saturated carbocycles. The van der Waals surface area contributed by atoms with E-state index in [0.717, 1.165) is 0 Å². The number of rotatable bonds is 8. The predicted octanol–water partition coefficient (Wildman–Crippen LogP) is 1.65. The maximum atomic E-state index is 12.0. The van der Waals surface area contributed by atoms with Crippen LogP contribution in [-0.2, 0) is 9.53 Å². The van der Waals surface area contributed by atoms with Crippen LogP contribution in [0.25, 0.3) is 0 Å². The van der Waals surface area contributed by atoms with Gasteiger partial charge in [-0.05, 0) is 26.0 Å². The molecule has 2 aromatic rings. The topological polar surface area (TPSA) is 126 Å². The molecule has 1 heterocycles. The number of carbonyl (C=O) groups excluding carboxylic acids is 2. The molecule has 2 rings (SSSR count). The third-order valence-corrected chi connectivity index (χ3v) is 3.08. The van der Waals surface area contributed by atoms with Gasteiger partial charge in [0.2, 0.25) is 0 Å². The number of nitrogens with one attached hydrogen (secondary N) is 1. The lowest BCUT2D eigenvalue weighted by Gasteiger charge is -2.13. The highest BCUT2D eigenvalue weighted by molar-refractivity contribution is 5.96. The number of ether oxygens (including phenoxy) is 3. The molecule has 138 valence electrons. The van der Waals surface area contributed by atoms with Crippen LogP contribution in [0.5, 0.6) is 11.5 Å². The van der Waals surface area contributed by atoms with Gasteiger partial charge in [-0.25, -0.2) is 14.8 Å². The van der Waals surface area contributed by atoms with E-state index in [1.54, 1.807) is 18.2 Å². The molecular formula is C17H20N4O5. The Morgan fingerprint density at radius 2 is 1.77 bits per heavy atom. The minimum atomic E-state index is -0.826. The zero-order valence-electron chi connectivity index (χ0n) is 14.5. The Kier molecular flexibility index (Phi) is 6.72. The van der Waals surface area contributed by atoms with Crippen molar-refractivity contribution in [1.29, 1.82) is 0 Å². The van der Waals surface area contributed by atoms with Crippen molar-refractivity contribution < 1.29 is 23.8 Å². The summed E-state index contributed by atoms with van der Waals surface area (Å²) in [6.45, 7) is 4.16. The van der Waals surface area contributed by atoms with E-state index in [2.05, 4.69) is 15.3 Å². The Balaban J connectivity index is 1.96. The van der Waals surface area contributed by atoms with Gasteiger partial charge in [-0.1, -0.05) is 0 Å². The second-order valence-electron chi connectivity index (χ2n) is 4.94. The number of aromatic nitrogens is 2. The maximum Gasteiger partial charge on any atom is 0.361 e. The van der Waals surface area contributed by atoms with E-state index in [0.29, 0.717) is 30.4 Å². The van der Waals surface area contributed by atoms with Crippen molar-refractivity contribution >= 4 is 23.4 Å². The fraction of sp³-hybridized carbons (Fsp3) is 0.294. The van der Waals surface area contributed by atoms with Gasteiger partial charge in [0.05, 0.1) is 13.2 Å². The molecule has 3 N–H and O–H groups in total. The first-order valence-corrected chi connectivity index (χ1v) is 7.98. The SMILES string of the molecule is CCOc1ccc(NC(=O)COC(=O)c2nccnc2N)cc1OCC. The molecule has 0 atom stereocenters. The Hall–Kier alpha value is -3.36. The molecule has 26 heavy (non-hydrogen) atoms. The van der Waals surface area contributed by atoms with Gasteiger partial charge in [0.25, 0.3) is 5.91 Å². The van der Waals surface area contributed by atoms with Crippen LogP contribution in [0.15, 0.2) is 30.6 Å². The van der Waals surface area contributed by atoms with Crippen LogP contribution in [0, 0.1) is 0 Å². The minimum absolute atomic E-state index is 0.0641. The number of anilines is 2. The maximum absolute atomic E-state index is 12.0. The zero-order chi connectivity index (χ0) is 18.9. The zero-order valence-corrected chi connectivity index (χ0v) is 14.5. The molecule has 0 aliphatic carbocycles. The highest BCUT2D eigenvalue weighted by atomic mass is 16.5. The number of hydrogen-bond donors (Lipinski definition) is 2. The molecule has 0 radical (unpaired) electrons. The van der Waals surface area contributed by atoms with Crippen LogP contribution < -0.4 is 20.5 Å². The molecule has 0 spiro atoms. The first-order valence-electron chi connectivity index (χ1n) is 7.98. The number of nitrogens with zero attached hydrogens (tertiary/aromatic N) is 2. The van der Waals surface area contributed by atoms with Crippen LogP contribution in [0.1, 0.15) is 24.3 Å². The van der Waals surface area contributed by atoms with Crippen molar-refractivity contribution in [2.45, 2.75) is 13.8 Å². The summed E-state index contributed by atoms with van der Waals surface area (Å²) < 4.78 is 15.8. The summed E-state index contributed by atoms with van der Waals surface area (Å²) in [7, 11) is 0. The van der Waals surface area contributed by atoms with Gasteiger partial charge in [0.15, 0.2) is 29.6 Å². The lowest BCUT2D eigenvalue weighted by Crippen LogP contribution is -2.22. The average Bonchev–Trinajstić information content (AvgIpc) is 2.62. The largest absolute Gasteiger partial charge is 0.490 e. The first-order chi connectivity index (χ1) is 12.5. The number of carbonyl (C=O) groups is 2. The molecule has 0 aliphatic rings. The van der Waals surface area contributed by atoms with Crippen molar-refractivity contribution in [3.05, 3.63) is 36.3 Å². The molecular weight excluding hydrogens is 340 g/mol. The van der Waals surface area contributed by atoms with E-state index < -0.39 is 18.5 Å². The number of amides is 1. The van der Waals surface area contributed by atoms with Gasteiger partial charge in [-0.15, -0.1) is 0 Å². The molecule has 0 unspecified atom stereocenters.